The molecular weight excluding hydrogens is 386 g/mol. The molecule has 29 heavy (non-hydrogen) atoms. The molecule has 3 atom stereocenters. The Morgan fingerprint density at radius 3 is 2.62 bits per heavy atom. The maximum absolute atomic E-state index is 13.0. The minimum absolute atomic E-state index is 0.0286. The monoisotopic (exact) mass is 411 g/mol. The number of fused-ring (bicyclic) bond motifs is 1. The summed E-state index contributed by atoms with van der Waals surface area (Å²) in [6.45, 7) is 0.261. The summed E-state index contributed by atoms with van der Waals surface area (Å²) < 4.78 is 0. The van der Waals surface area contributed by atoms with Gasteiger partial charge in [-0.2, -0.15) is 0 Å². The van der Waals surface area contributed by atoms with Crippen LogP contribution in [-0.2, 0) is 24.0 Å². The highest BCUT2D eigenvalue weighted by Crippen LogP contribution is 2.25. The predicted octanol–water partition coefficient (Wildman–Crippen LogP) is -1.64. The number of urea groups is 1. The van der Waals surface area contributed by atoms with Crippen molar-refractivity contribution < 1.29 is 33.9 Å². The molecule has 160 valence electrons. The number of carboxylic acid groups (broad SMARTS) is 1. The molecule has 0 radical (unpaired) electrons. The summed E-state index contributed by atoms with van der Waals surface area (Å²) >= 11 is 0. The van der Waals surface area contributed by atoms with E-state index in [2.05, 4.69) is 16.0 Å². The van der Waals surface area contributed by atoms with Crippen LogP contribution in [0.4, 0.5) is 4.79 Å². The lowest BCUT2D eigenvalue weighted by Crippen LogP contribution is -2.64. The zero-order valence-electron chi connectivity index (χ0n) is 16.1. The van der Waals surface area contributed by atoms with E-state index in [1.807, 2.05) is 0 Å². The molecule has 2 rings (SSSR count). The molecule has 0 saturated carbocycles. The molecule has 0 aromatic heterocycles. The summed E-state index contributed by atoms with van der Waals surface area (Å²) in [6.07, 6.45) is 0.907. The van der Waals surface area contributed by atoms with Crippen LogP contribution in [0, 0.1) is 0 Å². The Morgan fingerprint density at radius 1 is 1.28 bits per heavy atom. The van der Waals surface area contributed by atoms with Crippen LogP contribution in [0.3, 0.4) is 0 Å². The lowest BCUT2D eigenvalue weighted by molar-refractivity contribution is -0.176. The molecule has 0 aliphatic carbocycles. The average Bonchev–Trinajstić information content (AvgIpc) is 2.82. The number of hydrogen-bond donors (Lipinski definition) is 4. The van der Waals surface area contributed by atoms with Gasteiger partial charge in [-0.05, 0) is 25.7 Å². The van der Waals surface area contributed by atoms with Gasteiger partial charge in [0.15, 0.2) is 0 Å². The van der Waals surface area contributed by atoms with Gasteiger partial charge in [-0.15, -0.1) is 0 Å². The second kappa shape index (κ2) is 9.85. The second-order valence-electron chi connectivity index (χ2n) is 6.86. The van der Waals surface area contributed by atoms with Crippen molar-refractivity contribution in [2.45, 2.75) is 56.7 Å². The van der Waals surface area contributed by atoms with Gasteiger partial charge in [0, 0.05) is 26.4 Å². The Hall–Kier alpha value is -3.18. The summed E-state index contributed by atoms with van der Waals surface area (Å²) in [5.41, 5.74) is 0. The van der Waals surface area contributed by atoms with Crippen LogP contribution in [0.25, 0.3) is 0 Å². The number of carbonyl (C=O) groups is 6. The molecular formula is C17H25N5O7. The highest BCUT2D eigenvalue weighted by atomic mass is 16.4. The normalized spacial score (nSPS) is 22.8. The second-order valence-corrected chi connectivity index (χ2v) is 6.86. The van der Waals surface area contributed by atoms with Crippen LogP contribution in [0.1, 0.15) is 38.5 Å². The van der Waals surface area contributed by atoms with E-state index in [1.165, 1.54) is 12.1 Å². The Kier molecular flexibility index (Phi) is 7.51. The number of carboxylic acids is 1. The average molecular weight is 411 g/mol. The standard InChI is InChI=1S/C17H25N5O7/c1-18-17(29)20-11-5-6-13(24)21-8-2-3-12(22(21)16(11)28)15(27)19-10(9-23)4-7-14(25)26/h9-12H,2-8H2,1H3,(H,19,27)(H,25,26)(H2,18,20,29)/t10-,11-,12-/m0/s1. The number of amides is 5. The van der Waals surface area contributed by atoms with Crippen molar-refractivity contribution in [3.05, 3.63) is 0 Å². The van der Waals surface area contributed by atoms with Crippen molar-refractivity contribution in [1.29, 1.82) is 0 Å². The molecule has 0 bridgehead atoms. The van der Waals surface area contributed by atoms with Crippen molar-refractivity contribution in [2.24, 2.45) is 0 Å². The van der Waals surface area contributed by atoms with E-state index in [9.17, 15) is 28.8 Å². The van der Waals surface area contributed by atoms with Crippen LogP contribution < -0.4 is 16.0 Å². The molecule has 12 nitrogen and oxygen atoms in total. The lowest BCUT2D eigenvalue weighted by Gasteiger charge is -2.43. The molecule has 0 unspecified atom stereocenters. The summed E-state index contributed by atoms with van der Waals surface area (Å²) in [4.78, 5) is 71.8. The Bertz CT molecular complexity index is 698. The molecule has 2 aliphatic heterocycles. The number of nitrogens with zero attached hydrogens (tertiary/aromatic N) is 2. The predicted molar refractivity (Wildman–Crippen MR) is 97.1 cm³/mol. The first-order chi connectivity index (χ1) is 13.8. The number of hydrogen-bond acceptors (Lipinski definition) is 6. The molecule has 0 aromatic carbocycles. The fraction of sp³-hybridized carbons (Fsp3) is 0.647. The van der Waals surface area contributed by atoms with Crippen molar-refractivity contribution in [3.63, 3.8) is 0 Å². The van der Waals surface area contributed by atoms with Crippen LogP contribution in [0.15, 0.2) is 0 Å². The van der Waals surface area contributed by atoms with Gasteiger partial charge < -0.3 is 25.9 Å². The zero-order valence-corrected chi connectivity index (χ0v) is 16.1. The van der Waals surface area contributed by atoms with Crippen molar-refractivity contribution in [2.75, 3.05) is 13.6 Å². The first kappa shape index (κ1) is 22.1. The highest BCUT2D eigenvalue weighted by molar-refractivity contribution is 5.95. The van der Waals surface area contributed by atoms with Gasteiger partial charge in [0.2, 0.25) is 11.8 Å². The molecule has 2 fully saturated rings. The third-order valence-electron chi connectivity index (χ3n) is 4.86. The van der Waals surface area contributed by atoms with E-state index in [-0.39, 0.29) is 44.6 Å². The van der Waals surface area contributed by atoms with Gasteiger partial charge in [0.05, 0.1) is 6.04 Å². The summed E-state index contributed by atoms with van der Waals surface area (Å²) in [6, 6.07) is -3.63. The zero-order chi connectivity index (χ0) is 21.6. The maximum Gasteiger partial charge on any atom is 0.315 e. The number of carbonyl (C=O) groups excluding carboxylic acids is 5. The maximum atomic E-state index is 13.0. The van der Waals surface area contributed by atoms with E-state index >= 15 is 0 Å². The third-order valence-corrected chi connectivity index (χ3v) is 4.86. The van der Waals surface area contributed by atoms with Crippen molar-refractivity contribution >= 4 is 36.0 Å². The Morgan fingerprint density at radius 2 is 2.00 bits per heavy atom. The number of nitrogens with one attached hydrogen (secondary N) is 3. The third kappa shape index (κ3) is 5.42. The van der Waals surface area contributed by atoms with Crippen LogP contribution in [0.5, 0.6) is 0 Å². The quantitative estimate of drug-likeness (QED) is 0.365. The molecule has 0 aromatic rings. The van der Waals surface area contributed by atoms with E-state index in [0.717, 1.165) is 5.01 Å². The SMILES string of the molecule is CNC(=O)N[C@H]1CCC(=O)N2CCC[C@@H](C(=O)N[C@H](C=O)CCC(=O)O)N2C1=O. The van der Waals surface area contributed by atoms with E-state index in [1.54, 1.807) is 0 Å². The summed E-state index contributed by atoms with van der Waals surface area (Å²) in [7, 11) is 1.39. The molecule has 2 heterocycles. The number of hydrazine groups is 1. The molecule has 12 heteroatoms. The largest absolute Gasteiger partial charge is 0.481 e. The first-order valence-electron chi connectivity index (χ1n) is 9.37. The van der Waals surface area contributed by atoms with Crippen LogP contribution in [-0.4, -0.2) is 82.9 Å². The Labute approximate surface area is 166 Å². The van der Waals surface area contributed by atoms with Gasteiger partial charge in [0.1, 0.15) is 18.4 Å². The smallest absolute Gasteiger partial charge is 0.315 e. The fourth-order valence-electron chi connectivity index (χ4n) is 3.37. The van der Waals surface area contributed by atoms with Crippen molar-refractivity contribution in [1.82, 2.24) is 26.0 Å². The van der Waals surface area contributed by atoms with E-state index in [0.29, 0.717) is 12.7 Å². The van der Waals surface area contributed by atoms with Gasteiger partial charge >= 0.3 is 12.0 Å². The van der Waals surface area contributed by atoms with Gasteiger partial charge in [-0.3, -0.25) is 24.2 Å². The highest BCUT2D eigenvalue weighted by Gasteiger charge is 2.44. The van der Waals surface area contributed by atoms with Crippen molar-refractivity contribution in [3.8, 4) is 0 Å². The molecule has 4 N–H and O–H groups in total. The van der Waals surface area contributed by atoms with Crippen LogP contribution >= 0.6 is 0 Å². The minimum atomic E-state index is -1.11. The molecule has 2 aliphatic rings. The van der Waals surface area contributed by atoms with E-state index in [4.69, 9.17) is 5.11 Å². The Balaban J connectivity index is 2.20. The van der Waals surface area contributed by atoms with Gasteiger partial charge in [-0.25, -0.2) is 9.80 Å². The molecule has 5 amide bonds. The number of rotatable bonds is 7. The first-order valence-corrected chi connectivity index (χ1v) is 9.37. The molecule has 0 spiro atoms. The lowest BCUT2D eigenvalue weighted by atomic mass is 10.0. The number of aliphatic carboxylic acids is 1. The van der Waals surface area contributed by atoms with Crippen LogP contribution in [0.2, 0.25) is 0 Å². The molecule has 2 saturated heterocycles. The van der Waals surface area contributed by atoms with Gasteiger partial charge in [0.25, 0.3) is 5.91 Å². The fourth-order valence-corrected chi connectivity index (χ4v) is 3.37. The van der Waals surface area contributed by atoms with E-state index < -0.39 is 41.9 Å². The number of aldehydes is 1. The summed E-state index contributed by atoms with van der Waals surface area (Å²) in [5, 5.41) is 18.3. The summed E-state index contributed by atoms with van der Waals surface area (Å²) in [5.74, 6) is -2.69. The minimum Gasteiger partial charge on any atom is -0.481 e. The van der Waals surface area contributed by atoms with Gasteiger partial charge in [-0.1, -0.05) is 0 Å². The topological polar surface area (TPSA) is 165 Å².